The van der Waals surface area contributed by atoms with Crippen molar-refractivity contribution in [2.75, 3.05) is 53.0 Å². The molecule has 0 rings (SSSR count). The van der Waals surface area contributed by atoms with Crippen molar-refractivity contribution in [3.8, 4) is 0 Å². The first-order chi connectivity index (χ1) is 8.81. The van der Waals surface area contributed by atoms with Crippen LogP contribution in [-0.4, -0.2) is 59.0 Å². The Balaban J connectivity index is 2.98. The zero-order valence-electron chi connectivity index (χ0n) is 10.9. The van der Waals surface area contributed by atoms with E-state index < -0.39 is 5.97 Å². The highest BCUT2D eigenvalue weighted by Gasteiger charge is 1.95. The van der Waals surface area contributed by atoms with E-state index in [9.17, 15) is 4.79 Å². The maximum absolute atomic E-state index is 10.6. The molecule has 18 heavy (non-hydrogen) atoms. The molecule has 0 radical (unpaired) electrons. The van der Waals surface area contributed by atoms with E-state index in [1.165, 1.54) is 0 Å². The van der Waals surface area contributed by atoms with Gasteiger partial charge < -0.3 is 23.7 Å². The van der Waals surface area contributed by atoms with Gasteiger partial charge >= 0.3 is 5.97 Å². The molecule has 0 N–H and O–H groups in total. The maximum Gasteiger partial charge on any atom is 0.332 e. The molecule has 0 aromatic heterocycles. The van der Waals surface area contributed by atoms with Crippen molar-refractivity contribution in [3.63, 3.8) is 0 Å². The van der Waals surface area contributed by atoms with Gasteiger partial charge in [0, 0.05) is 12.7 Å². The van der Waals surface area contributed by atoms with Gasteiger partial charge in [-0.05, 0) is 6.92 Å². The van der Waals surface area contributed by atoms with E-state index in [-0.39, 0.29) is 6.79 Å². The van der Waals surface area contributed by atoms with Crippen LogP contribution in [0.4, 0.5) is 0 Å². The van der Waals surface area contributed by atoms with Crippen molar-refractivity contribution in [1.82, 2.24) is 0 Å². The molecule has 0 aromatic carbocycles. The lowest BCUT2D eigenvalue weighted by Gasteiger charge is -2.06. The van der Waals surface area contributed by atoms with Gasteiger partial charge in [-0.25, -0.2) is 4.79 Å². The van der Waals surface area contributed by atoms with Gasteiger partial charge in [0.15, 0.2) is 6.79 Å². The summed E-state index contributed by atoms with van der Waals surface area (Å²) in [5.74, 6) is -0.501. The summed E-state index contributed by atoms with van der Waals surface area (Å²) in [6.07, 6.45) is 1.08. The van der Waals surface area contributed by atoms with E-state index in [0.717, 1.165) is 6.08 Å². The standard InChI is InChI=1S/C12H22O6/c1-3-12(13)18-11-17-10-9-16-8-7-15-6-5-14-4-2/h3H,1,4-11H2,2H3. The smallest absolute Gasteiger partial charge is 0.332 e. The fourth-order valence-electron chi connectivity index (χ4n) is 0.920. The topological polar surface area (TPSA) is 63.2 Å². The van der Waals surface area contributed by atoms with Crippen LogP contribution in [0.1, 0.15) is 6.92 Å². The molecule has 0 bridgehead atoms. The monoisotopic (exact) mass is 262 g/mol. The van der Waals surface area contributed by atoms with Gasteiger partial charge in [-0.1, -0.05) is 6.58 Å². The minimum Gasteiger partial charge on any atom is -0.435 e. The summed E-state index contributed by atoms with van der Waals surface area (Å²) in [5.41, 5.74) is 0. The van der Waals surface area contributed by atoms with Crippen LogP contribution < -0.4 is 0 Å². The normalized spacial score (nSPS) is 10.3. The highest BCUT2D eigenvalue weighted by Crippen LogP contribution is 1.84. The summed E-state index contributed by atoms with van der Waals surface area (Å²) < 4.78 is 25.1. The van der Waals surface area contributed by atoms with Crippen LogP contribution in [0, 0.1) is 0 Å². The third-order valence-electron chi connectivity index (χ3n) is 1.77. The van der Waals surface area contributed by atoms with Crippen molar-refractivity contribution in [2.45, 2.75) is 6.92 Å². The van der Waals surface area contributed by atoms with Crippen LogP contribution in [0.3, 0.4) is 0 Å². The maximum atomic E-state index is 10.6. The third kappa shape index (κ3) is 13.1. The molecule has 106 valence electrons. The number of hydrogen-bond acceptors (Lipinski definition) is 6. The van der Waals surface area contributed by atoms with Crippen molar-refractivity contribution < 1.29 is 28.5 Å². The Morgan fingerprint density at radius 3 is 1.94 bits per heavy atom. The molecule has 0 amide bonds. The molecule has 0 heterocycles. The van der Waals surface area contributed by atoms with Crippen molar-refractivity contribution in [2.24, 2.45) is 0 Å². The summed E-state index contributed by atoms with van der Waals surface area (Å²) in [7, 11) is 0. The van der Waals surface area contributed by atoms with Crippen molar-refractivity contribution in [1.29, 1.82) is 0 Å². The first kappa shape index (κ1) is 17.1. The third-order valence-corrected chi connectivity index (χ3v) is 1.77. The first-order valence-electron chi connectivity index (χ1n) is 5.91. The van der Waals surface area contributed by atoms with Gasteiger partial charge in [-0.3, -0.25) is 0 Å². The van der Waals surface area contributed by atoms with Gasteiger partial charge in [-0.15, -0.1) is 0 Å². The molecule has 0 saturated heterocycles. The average molecular weight is 262 g/mol. The summed E-state index contributed by atoms with van der Waals surface area (Å²) in [6.45, 7) is 8.82. The predicted molar refractivity (Wildman–Crippen MR) is 65.2 cm³/mol. The van der Waals surface area contributed by atoms with Crippen LogP contribution in [0.25, 0.3) is 0 Å². The molecule has 0 aliphatic heterocycles. The molecule has 0 aromatic rings. The molecule has 0 aliphatic carbocycles. The first-order valence-corrected chi connectivity index (χ1v) is 5.91. The highest BCUT2D eigenvalue weighted by molar-refractivity contribution is 5.81. The number of carbonyl (C=O) groups is 1. The molecule has 6 nitrogen and oxygen atoms in total. The fraction of sp³-hybridized carbons (Fsp3) is 0.750. The summed E-state index contributed by atoms with van der Waals surface area (Å²) in [6, 6.07) is 0. The second kappa shape index (κ2) is 14.1. The van der Waals surface area contributed by atoms with Crippen molar-refractivity contribution >= 4 is 5.97 Å². The Labute approximate surface area is 108 Å². The molecule has 0 saturated carbocycles. The number of hydrogen-bond donors (Lipinski definition) is 0. The fourth-order valence-corrected chi connectivity index (χ4v) is 0.920. The number of rotatable bonds is 13. The van der Waals surface area contributed by atoms with Crippen LogP contribution in [0.15, 0.2) is 12.7 Å². The lowest BCUT2D eigenvalue weighted by atomic mass is 10.7. The number of carbonyl (C=O) groups excluding carboxylic acids is 1. The zero-order valence-corrected chi connectivity index (χ0v) is 10.9. The van der Waals surface area contributed by atoms with E-state index in [1.807, 2.05) is 6.92 Å². The highest BCUT2D eigenvalue weighted by atomic mass is 16.7. The lowest BCUT2D eigenvalue weighted by Crippen LogP contribution is -2.13. The molecule has 0 unspecified atom stereocenters. The van der Waals surface area contributed by atoms with E-state index >= 15 is 0 Å². The van der Waals surface area contributed by atoms with Gasteiger partial charge in [0.1, 0.15) is 0 Å². The van der Waals surface area contributed by atoms with Crippen LogP contribution in [0.5, 0.6) is 0 Å². The summed E-state index contributed by atoms with van der Waals surface area (Å²) in [4.78, 5) is 10.6. The molecular weight excluding hydrogens is 240 g/mol. The van der Waals surface area contributed by atoms with Gasteiger partial charge in [0.05, 0.1) is 39.6 Å². The molecule has 0 spiro atoms. The van der Waals surface area contributed by atoms with Gasteiger partial charge in [-0.2, -0.15) is 0 Å². The Morgan fingerprint density at radius 1 is 0.944 bits per heavy atom. The van der Waals surface area contributed by atoms with Crippen LogP contribution >= 0.6 is 0 Å². The largest absolute Gasteiger partial charge is 0.435 e. The molecule has 6 heteroatoms. The molecule has 0 fully saturated rings. The Bertz CT molecular complexity index is 207. The van der Waals surface area contributed by atoms with E-state index in [1.54, 1.807) is 0 Å². The van der Waals surface area contributed by atoms with Gasteiger partial charge in [0.25, 0.3) is 0 Å². The average Bonchev–Trinajstić information content (AvgIpc) is 2.39. The molecule has 0 aliphatic rings. The second-order valence-corrected chi connectivity index (χ2v) is 3.12. The van der Waals surface area contributed by atoms with Crippen molar-refractivity contribution in [3.05, 3.63) is 12.7 Å². The number of ether oxygens (including phenoxy) is 5. The van der Waals surface area contributed by atoms with E-state index in [2.05, 4.69) is 11.3 Å². The quantitative estimate of drug-likeness (QED) is 0.211. The lowest BCUT2D eigenvalue weighted by molar-refractivity contribution is -0.151. The second-order valence-electron chi connectivity index (χ2n) is 3.12. The van der Waals surface area contributed by atoms with Crippen LogP contribution in [0.2, 0.25) is 0 Å². The van der Waals surface area contributed by atoms with E-state index in [4.69, 9.17) is 18.9 Å². The Morgan fingerprint density at radius 2 is 1.44 bits per heavy atom. The van der Waals surface area contributed by atoms with E-state index in [0.29, 0.717) is 46.2 Å². The summed E-state index contributed by atoms with van der Waals surface area (Å²) in [5, 5.41) is 0. The van der Waals surface area contributed by atoms with Crippen LogP contribution in [-0.2, 0) is 28.5 Å². The zero-order chi connectivity index (χ0) is 13.5. The SMILES string of the molecule is C=CC(=O)OCOCCOCCOCCOCC. The molecular formula is C12H22O6. The minimum absolute atomic E-state index is 0.0843. The number of esters is 1. The molecule has 0 atom stereocenters. The Hall–Kier alpha value is -0.950. The Kier molecular flexibility index (Phi) is 13.4. The summed E-state index contributed by atoms with van der Waals surface area (Å²) >= 11 is 0. The van der Waals surface area contributed by atoms with Gasteiger partial charge in [0.2, 0.25) is 0 Å². The predicted octanol–water partition coefficient (Wildman–Crippen LogP) is 0.759. The minimum atomic E-state index is -0.501.